The lowest BCUT2D eigenvalue weighted by Crippen LogP contribution is -2.28. The van der Waals surface area contributed by atoms with Crippen LogP contribution in [0.25, 0.3) is 65.7 Å². The van der Waals surface area contributed by atoms with Crippen molar-refractivity contribution in [1.29, 1.82) is 0 Å². The second-order valence-electron chi connectivity index (χ2n) is 15.0. The number of nitrogens with zero attached hydrogens (tertiary/aromatic N) is 1. The quantitative estimate of drug-likeness (QED) is 0.157. The van der Waals surface area contributed by atoms with Crippen LogP contribution in [0.3, 0.4) is 0 Å². The van der Waals surface area contributed by atoms with E-state index in [4.69, 9.17) is 4.42 Å². The molecule has 0 bridgehead atoms. The number of furan rings is 1. The summed E-state index contributed by atoms with van der Waals surface area (Å²) in [7, 11) is 0. The van der Waals surface area contributed by atoms with Gasteiger partial charge in [-0.2, -0.15) is 0 Å². The highest BCUT2D eigenvalue weighted by Crippen LogP contribution is 2.57. The zero-order chi connectivity index (χ0) is 45.0. The van der Waals surface area contributed by atoms with Crippen LogP contribution in [-0.2, 0) is 5.41 Å². The molecule has 0 unspecified atom stereocenters. The molecule has 0 radical (unpaired) electrons. The van der Waals surface area contributed by atoms with Gasteiger partial charge in [-0.05, 0) is 114 Å². The molecule has 11 aromatic rings. The van der Waals surface area contributed by atoms with Crippen molar-refractivity contribution in [2.45, 2.75) is 5.41 Å². The molecule has 0 fully saturated rings. The summed E-state index contributed by atoms with van der Waals surface area (Å²) in [5, 5.41) is 4.94. The Balaban J connectivity index is 1.23. The van der Waals surface area contributed by atoms with Gasteiger partial charge in [0.1, 0.15) is 11.2 Å². The van der Waals surface area contributed by atoms with Gasteiger partial charge in [0.25, 0.3) is 0 Å². The molecule has 0 saturated carbocycles. The van der Waals surface area contributed by atoms with Gasteiger partial charge in [-0.15, -0.1) is 0 Å². The van der Waals surface area contributed by atoms with Gasteiger partial charge in [0.2, 0.25) is 0 Å². The number of hydrogen-bond donors (Lipinski definition) is 0. The van der Waals surface area contributed by atoms with Crippen molar-refractivity contribution in [3.8, 4) is 22.3 Å². The molecule has 1 heterocycles. The highest BCUT2D eigenvalue weighted by Gasteiger charge is 2.46. The smallest absolute Gasteiger partial charge is 0.137 e. The number of benzene rings is 10. The highest BCUT2D eigenvalue weighted by atomic mass is 16.3. The first kappa shape index (κ1) is 27.0. The summed E-state index contributed by atoms with van der Waals surface area (Å²) in [6.45, 7) is 0. The van der Waals surface area contributed by atoms with Crippen molar-refractivity contribution in [2.75, 3.05) is 4.90 Å². The molecule has 10 aromatic carbocycles. The van der Waals surface area contributed by atoms with E-state index in [0.717, 1.165) is 49.2 Å². The molecule has 276 valence electrons. The van der Waals surface area contributed by atoms with E-state index in [-0.39, 0.29) is 59.2 Å². The molecule has 0 N–H and O–H groups in total. The molecule has 1 aliphatic carbocycles. The number of hydrogen-bond acceptors (Lipinski definition) is 2. The summed E-state index contributed by atoms with van der Waals surface area (Å²) in [5.41, 5.74) is 5.11. The predicted octanol–water partition coefficient (Wildman–Crippen LogP) is 15.4. The van der Waals surface area contributed by atoms with Crippen LogP contribution in [0, 0.1) is 0 Å². The minimum Gasteiger partial charge on any atom is -0.456 e. The summed E-state index contributed by atoms with van der Waals surface area (Å²) in [6.07, 6.45) is 0. The second-order valence-corrected chi connectivity index (χ2v) is 15.0. The fraction of sp³-hybridized carbons (Fsp3) is 0.0175. The van der Waals surface area contributed by atoms with Crippen LogP contribution in [-0.4, -0.2) is 0 Å². The van der Waals surface area contributed by atoms with Gasteiger partial charge in [0.15, 0.2) is 0 Å². The summed E-state index contributed by atoms with van der Waals surface area (Å²) in [4.78, 5) is 1.53. The SMILES string of the molecule is [2H]c1c([2H])c(N(c2c([2H])c([2H])c3c(c2[2H])C(c2ccccc2)(c2ccccc2)c2ccccc2-3)c2cccc3oc4ccccc4c23)c([2H])c([2H])c1-c1cc2ccccc2c2ccccc12. The minimum absolute atomic E-state index is 0.0507. The molecule has 12 rings (SSSR count). The molecule has 1 aliphatic rings. The Morgan fingerprint density at radius 3 is 1.81 bits per heavy atom. The standard InChI is InChI=1S/C57H37NO/c1-3-17-40(18-4-1)57(41-19-5-2-6-20-41)51-26-13-11-24-47(51)48-35-34-43(37-52(48)57)58(53-27-15-29-55-56(53)49-25-12-14-28-54(49)59-55)42-32-30-38(31-33-42)50-36-39-16-7-8-21-44(39)45-22-9-10-23-46(45)50/h1-37H/i30D,31D,32D,33D,34D,35D,37D. The average Bonchev–Trinajstić information content (AvgIpc) is 3.90. The van der Waals surface area contributed by atoms with Crippen LogP contribution in [0.2, 0.25) is 0 Å². The van der Waals surface area contributed by atoms with E-state index in [9.17, 15) is 9.60 Å². The van der Waals surface area contributed by atoms with Crippen molar-refractivity contribution in [1.82, 2.24) is 0 Å². The third-order valence-corrected chi connectivity index (χ3v) is 11.9. The van der Waals surface area contributed by atoms with E-state index in [1.54, 1.807) is 12.1 Å². The van der Waals surface area contributed by atoms with E-state index >= 15 is 0 Å². The van der Waals surface area contributed by atoms with Crippen molar-refractivity contribution < 1.29 is 14.0 Å². The molecule has 0 atom stereocenters. The molecule has 2 nitrogen and oxygen atoms in total. The number of rotatable bonds is 6. The third kappa shape index (κ3) is 5.00. The zero-order valence-electron chi connectivity index (χ0n) is 38.7. The molecule has 0 spiro atoms. The number of fused-ring (bicyclic) bond motifs is 9. The topological polar surface area (TPSA) is 16.4 Å². The number of para-hydroxylation sites is 1. The minimum atomic E-state index is -1.13. The monoisotopic (exact) mass is 758 g/mol. The van der Waals surface area contributed by atoms with Crippen LogP contribution in [0.4, 0.5) is 17.1 Å². The van der Waals surface area contributed by atoms with Crippen LogP contribution in [0.15, 0.2) is 229 Å². The van der Waals surface area contributed by atoms with Gasteiger partial charge in [0, 0.05) is 16.8 Å². The Labute approximate surface area is 352 Å². The van der Waals surface area contributed by atoms with Gasteiger partial charge >= 0.3 is 0 Å². The lowest BCUT2D eigenvalue weighted by Gasteiger charge is -2.35. The maximum atomic E-state index is 10.7. The Kier molecular flexibility index (Phi) is 6.05. The van der Waals surface area contributed by atoms with E-state index in [1.165, 1.54) is 4.90 Å². The van der Waals surface area contributed by atoms with Crippen LogP contribution in [0.1, 0.15) is 31.8 Å². The Bertz CT molecular complexity index is 3740. The van der Waals surface area contributed by atoms with Crippen molar-refractivity contribution >= 4 is 60.5 Å². The molecule has 0 amide bonds. The molecule has 0 saturated heterocycles. The summed E-state index contributed by atoms with van der Waals surface area (Å²) in [6, 6.07) is 56.6. The van der Waals surface area contributed by atoms with Crippen molar-refractivity contribution in [3.05, 3.63) is 247 Å². The Hall–Kier alpha value is -7.68. The van der Waals surface area contributed by atoms with Crippen LogP contribution in [0.5, 0.6) is 0 Å². The number of anilines is 3. The Morgan fingerprint density at radius 1 is 0.424 bits per heavy atom. The maximum Gasteiger partial charge on any atom is 0.137 e. The lowest BCUT2D eigenvalue weighted by atomic mass is 9.67. The molecule has 0 aliphatic heterocycles. The van der Waals surface area contributed by atoms with Gasteiger partial charge < -0.3 is 9.32 Å². The molecular formula is C57H37NO. The van der Waals surface area contributed by atoms with E-state index < -0.39 is 5.41 Å². The van der Waals surface area contributed by atoms with Crippen LogP contribution < -0.4 is 4.90 Å². The fourth-order valence-corrected chi connectivity index (χ4v) is 9.41. The fourth-order valence-electron chi connectivity index (χ4n) is 9.41. The van der Waals surface area contributed by atoms with Crippen LogP contribution >= 0.6 is 0 Å². The second kappa shape index (κ2) is 13.2. The normalized spacial score (nSPS) is 14.5. The molecule has 59 heavy (non-hydrogen) atoms. The van der Waals surface area contributed by atoms with E-state index in [0.29, 0.717) is 38.9 Å². The molecular weight excluding hydrogens is 715 g/mol. The molecule has 1 aromatic heterocycles. The molecule has 2 heteroatoms. The summed E-state index contributed by atoms with van der Waals surface area (Å²) < 4.78 is 76.9. The first-order valence-electron chi connectivity index (χ1n) is 23.3. The average molecular weight is 759 g/mol. The van der Waals surface area contributed by atoms with Crippen molar-refractivity contribution in [2.24, 2.45) is 0 Å². The third-order valence-electron chi connectivity index (χ3n) is 11.9. The summed E-state index contributed by atoms with van der Waals surface area (Å²) in [5.74, 6) is 0. The first-order chi connectivity index (χ1) is 32.2. The highest BCUT2D eigenvalue weighted by molar-refractivity contribution is 6.15. The van der Waals surface area contributed by atoms with Gasteiger partial charge in [0.05, 0.1) is 26.1 Å². The van der Waals surface area contributed by atoms with Gasteiger partial charge in [-0.3, -0.25) is 0 Å². The van der Waals surface area contributed by atoms with Gasteiger partial charge in [-0.1, -0.05) is 176 Å². The lowest BCUT2D eigenvalue weighted by molar-refractivity contribution is 0.669. The van der Waals surface area contributed by atoms with Gasteiger partial charge in [-0.25, -0.2) is 0 Å². The van der Waals surface area contributed by atoms with Crippen molar-refractivity contribution in [3.63, 3.8) is 0 Å². The Morgan fingerprint density at radius 2 is 1.03 bits per heavy atom. The largest absolute Gasteiger partial charge is 0.456 e. The maximum absolute atomic E-state index is 10.7. The first-order valence-corrected chi connectivity index (χ1v) is 19.8. The van der Waals surface area contributed by atoms with E-state index in [1.807, 2.05) is 170 Å². The van der Waals surface area contributed by atoms with E-state index in [2.05, 4.69) is 0 Å². The zero-order valence-corrected chi connectivity index (χ0v) is 31.7. The summed E-state index contributed by atoms with van der Waals surface area (Å²) >= 11 is 0. The predicted molar refractivity (Wildman–Crippen MR) is 246 cm³/mol.